The number of nitrogens with zero attached hydrogens (tertiary/aromatic N) is 2. The van der Waals surface area contributed by atoms with Crippen LogP contribution in [0.25, 0.3) is 0 Å². The second-order valence-electron chi connectivity index (χ2n) is 7.17. The van der Waals surface area contributed by atoms with E-state index in [2.05, 4.69) is 0 Å². The van der Waals surface area contributed by atoms with Gasteiger partial charge < -0.3 is 4.90 Å². The van der Waals surface area contributed by atoms with Crippen LogP contribution in [0.15, 0.2) is 24.3 Å². The molecule has 3 rings (SSSR count). The average molecular weight is 385 g/mol. The number of sulfonamides is 1. The molecular weight excluding hydrogens is 360 g/mol. The summed E-state index contributed by atoms with van der Waals surface area (Å²) in [5.74, 6) is 0.241. The predicted molar refractivity (Wildman–Crippen MR) is 99.1 cm³/mol. The Bertz CT molecular complexity index is 721. The lowest BCUT2D eigenvalue weighted by atomic mass is 9.75. The van der Waals surface area contributed by atoms with Gasteiger partial charge in [0.1, 0.15) is 0 Å². The highest BCUT2D eigenvalue weighted by atomic mass is 35.5. The molecule has 2 aliphatic heterocycles. The molecule has 7 heteroatoms. The first-order chi connectivity index (χ1) is 11.9. The second-order valence-corrected chi connectivity index (χ2v) is 9.69. The van der Waals surface area contributed by atoms with Gasteiger partial charge in [-0.1, -0.05) is 30.7 Å². The molecule has 0 radical (unpaired) electrons. The summed E-state index contributed by atoms with van der Waals surface area (Å²) in [6, 6.07) is 7.47. The third-order valence-corrected chi connectivity index (χ3v) is 7.34. The first kappa shape index (κ1) is 18.7. The van der Waals surface area contributed by atoms with Crippen molar-refractivity contribution in [1.29, 1.82) is 0 Å². The van der Waals surface area contributed by atoms with Crippen LogP contribution in [0.5, 0.6) is 0 Å². The third kappa shape index (κ3) is 3.86. The minimum atomic E-state index is -3.26. The lowest BCUT2D eigenvalue weighted by Gasteiger charge is -2.49. The highest BCUT2D eigenvalue weighted by molar-refractivity contribution is 7.89. The van der Waals surface area contributed by atoms with Crippen molar-refractivity contribution < 1.29 is 13.2 Å². The van der Waals surface area contributed by atoms with E-state index in [1.165, 1.54) is 4.31 Å². The SMILES string of the molecule is CCCS(=O)(=O)N1CC(Cc2ccc(Cl)cc2)(C(=O)N2CCCC2)C1. The van der Waals surface area contributed by atoms with Crippen molar-refractivity contribution in [2.24, 2.45) is 5.41 Å². The number of hydrogen-bond acceptors (Lipinski definition) is 3. The lowest BCUT2D eigenvalue weighted by Crippen LogP contribution is -2.66. The molecule has 0 aliphatic carbocycles. The van der Waals surface area contributed by atoms with Crippen LogP contribution in [0.2, 0.25) is 5.02 Å². The van der Waals surface area contributed by atoms with Crippen LogP contribution in [0.1, 0.15) is 31.7 Å². The van der Waals surface area contributed by atoms with Crippen LogP contribution in [0, 0.1) is 5.41 Å². The van der Waals surface area contributed by atoms with Gasteiger partial charge in [-0.25, -0.2) is 8.42 Å². The quantitative estimate of drug-likeness (QED) is 0.757. The summed E-state index contributed by atoms with van der Waals surface area (Å²) in [4.78, 5) is 15.0. The molecule has 138 valence electrons. The smallest absolute Gasteiger partial charge is 0.231 e. The summed E-state index contributed by atoms with van der Waals surface area (Å²) in [6.07, 6.45) is 3.20. The first-order valence-corrected chi connectivity index (χ1v) is 10.9. The number of carbonyl (C=O) groups excluding carboxylic acids is 1. The number of amides is 1. The molecule has 2 fully saturated rings. The zero-order valence-electron chi connectivity index (χ0n) is 14.6. The van der Waals surface area contributed by atoms with Crippen LogP contribution < -0.4 is 0 Å². The average Bonchev–Trinajstić information content (AvgIpc) is 3.06. The number of carbonyl (C=O) groups is 1. The van der Waals surface area contributed by atoms with Crippen molar-refractivity contribution in [3.63, 3.8) is 0 Å². The van der Waals surface area contributed by atoms with Crippen molar-refractivity contribution in [2.45, 2.75) is 32.6 Å². The van der Waals surface area contributed by atoms with E-state index in [0.717, 1.165) is 31.5 Å². The summed E-state index contributed by atoms with van der Waals surface area (Å²) in [7, 11) is -3.26. The van der Waals surface area contributed by atoms with Gasteiger partial charge in [0.15, 0.2) is 0 Å². The molecule has 0 bridgehead atoms. The van der Waals surface area contributed by atoms with Gasteiger partial charge in [0.25, 0.3) is 0 Å². The van der Waals surface area contributed by atoms with Crippen LogP contribution >= 0.6 is 11.6 Å². The molecule has 0 unspecified atom stereocenters. The Morgan fingerprint density at radius 3 is 2.32 bits per heavy atom. The lowest BCUT2D eigenvalue weighted by molar-refractivity contribution is -0.148. The molecule has 1 amide bonds. The molecule has 2 heterocycles. The molecular formula is C18H25ClN2O3S. The monoisotopic (exact) mass is 384 g/mol. The van der Waals surface area contributed by atoms with Crippen LogP contribution in [-0.4, -0.2) is 55.5 Å². The Hall–Kier alpha value is -1.11. The first-order valence-electron chi connectivity index (χ1n) is 8.88. The Kier molecular flexibility index (Phi) is 5.42. The minimum absolute atomic E-state index is 0.0999. The highest BCUT2D eigenvalue weighted by Gasteiger charge is 2.54. The maximum Gasteiger partial charge on any atom is 0.231 e. The maximum atomic E-state index is 13.1. The second kappa shape index (κ2) is 7.25. The zero-order valence-corrected chi connectivity index (χ0v) is 16.2. The fraction of sp³-hybridized carbons (Fsp3) is 0.611. The normalized spacial score (nSPS) is 20.5. The van der Waals surface area contributed by atoms with E-state index < -0.39 is 15.4 Å². The van der Waals surface area contributed by atoms with Crippen LogP contribution in [0.3, 0.4) is 0 Å². The zero-order chi connectivity index (χ0) is 18.1. The topological polar surface area (TPSA) is 57.7 Å². The molecule has 0 spiro atoms. The molecule has 0 atom stereocenters. The van der Waals surface area contributed by atoms with Gasteiger partial charge in [-0.3, -0.25) is 4.79 Å². The Morgan fingerprint density at radius 1 is 1.16 bits per heavy atom. The molecule has 0 saturated carbocycles. The van der Waals surface area contributed by atoms with Crippen molar-refractivity contribution in [3.8, 4) is 0 Å². The van der Waals surface area contributed by atoms with Gasteiger partial charge in [-0.2, -0.15) is 4.31 Å². The number of rotatable bonds is 6. The Balaban J connectivity index is 1.80. The molecule has 0 N–H and O–H groups in total. The summed E-state index contributed by atoms with van der Waals surface area (Å²) >= 11 is 5.95. The van der Waals surface area contributed by atoms with Gasteiger partial charge in [0, 0.05) is 31.2 Å². The van der Waals surface area contributed by atoms with E-state index in [1.807, 2.05) is 36.1 Å². The number of benzene rings is 1. The van der Waals surface area contributed by atoms with Gasteiger partial charge in [0.05, 0.1) is 11.2 Å². The van der Waals surface area contributed by atoms with E-state index >= 15 is 0 Å². The van der Waals surface area contributed by atoms with Gasteiger partial charge in [0.2, 0.25) is 15.9 Å². The summed E-state index contributed by atoms with van der Waals surface area (Å²) < 4.78 is 26.1. The van der Waals surface area contributed by atoms with Crippen molar-refractivity contribution in [1.82, 2.24) is 9.21 Å². The third-order valence-electron chi connectivity index (χ3n) is 5.12. The van der Waals surface area contributed by atoms with Gasteiger partial charge in [-0.05, 0) is 43.4 Å². The minimum Gasteiger partial charge on any atom is -0.342 e. The van der Waals surface area contributed by atoms with Gasteiger partial charge in [-0.15, -0.1) is 0 Å². The molecule has 2 aliphatic rings. The molecule has 0 aromatic heterocycles. The van der Waals surface area contributed by atoms with E-state index in [-0.39, 0.29) is 24.7 Å². The summed E-state index contributed by atoms with van der Waals surface area (Å²) in [5.41, 5.74) is 0.378. The molecule has 2 saturated heterocycles. The van der Waals surface area contributed by atoms with E-state index in [9.17, 15) is 13.2 Å². The van der Waals surface area contributed by atoms with Gasteiger partial charge >= 0.3 is 0 Å². The Morgan fingerprint density at radius 2 is 1.76 bits per heavy atom. The van der Waals surface area contributed by atoms with E-state index in [0.29, 0.717) is 17.9 Å². The molecule has 5 nitrogen and oxygen atoms in total. The summed E-state index contributed by atoms with van der Waals surface area (Å²) in [6.45, 7) is 3.99. The van der Waals surface area contributed by atoms with E-state index in [1.54, 1.807) is 0 Å². The summed E-state index contributed by atoms with van der Waals surface area (Å²) in [5, 5.41) is 0.657. The Labute approximate surface area is 155 Å². The fourth-order valence-corrected chi connectivity index (χ4v) is 5.57. The van der Waals surface area contributed by atoms with Crippen LogP contribution in [-0.2, 0) is 21.2 Å². The van der Waals surface area contributed by atoms with Crippen molar-refractivity contribution in [3.05, 3.63) is 34.9 Å². The molecule has 25 heavy (non-hydrogen) atoms. The largest absolute Gasteiger partial charge is 0.342 e. The number of likely N-dealkylation sites (tertiary alicyclic amines) is 1. The molecule has 1 aromatic rings. The van der Waals surface area contributed by atoms with Crippen molar-refractivity contribution >= 4 is 27.5 Å². The number of halogens is 1. The maximum absolute atomic E-state index is 13.1. The highest BCUT2D eigenvalue weighted by Crippen LogP contribution is 2.39. The van der Waals surface area contributed by atoms with E-state index in [4.69, 9.17) is 11.6 Å². The van der Waals surface area contributed by atoms with Crippen molar-refractivity contribution in [2.75, 3.05) is 31.9 Å². The van der Waals surface area contributed by atoms with Crippen LogP contribution in [0.4, 0.5) is 0 Å². The standard InChI is InChI=1S/C18H25ClN2O3S/c1-2-11-25(23,24)21-13-18(14-21,17(22)20-9-3-4-10-20)12-15-5-7-16(19)8-6-15/h5-8H,2-4,9-14H2,1H3. The number of hydrogen-bond donors (Lipinski definition) is 0. The predicted octanol–water partition coefficient (Wildman–Crippen LogP) is 2.55. The fourth-order valence-electron chi connectivity index (χ4n) is 3.78. The molecule has 1 aromatic carbocycles.